The Morgan fingerprint density at radius 3 is 2.90 bits per heavy atom. The number of carbonyl (C=O) groups is 1. The zero-order valence-corrected chi connectivity index (χ0v) is 12.4. The maximum absolute atomic E-state index is 12.7. The summed E-state index contributed by atoms with van der Waals surface area (Å²) in [6.07, 6.45) is 1.000. The fourth-order valence-corrected chi connectivity index (χ4v) is 2.81. The molecule has 0 spiro atoms. The second-order valence-corrected chi connectivity index (χ2v) is 5.54. The van der Waals surface area contributed by atoms with E-state index < -0.39 is 6.10 Å². The fourth-order valence-electron chi connectivity index (χ4n) is 2.81. The molecule has 7 heteroatoms. The second kappa shape index (κ2) is 5.09. The first-order chi connectivity index (χ1) is 9.99. The van der Waals surface area contributed by atoms with Crippen LogP contribution in [0.4, 0.5) is 0 Å². The predicted molar refractivity (Wildman–Crippen MR) is 77.2 cm³/mol. The molecule has 21 heavy (non-hydrogen) atoms. The highest BCUT2D eigenvalue weighted by atomic mass is 16.3. The molecule has 1 aliphatic rings. The Morgan fingerprint density at radius 2 is 2.24 bits per heavy atom. The van der Waals surface area contributed by atoms with Gasteiger partial charge in [0.15, 0.2) is 5.65 Å². The van der Waals surface area contributed by atoms with Crippen LogP contribution in [0.3, 0.4) is 0 Å². The first-order valence-corrected chi connectivity index (χ1v) is 6.97. The number of nitrogens with zero attached hydrogens (tertiary/aromatic N) is 4. The van der Waals surface area contributed by atoms with Gasteiger partial charge in [0, 0.05) is 31.5 Å². The number of amides is 1. The largest absolute Gasteiger partial charge is 0.390 e. The molecule has 2 N–H and O–H groups in total. The summed E-state index contributed by atoms with van der Waals surface area (Å²) < 4.78 is 1.66. The Bertz CT molecular complexity index is 696. The molecule has 1 amide bonds. The molecule has 2 aromatic heterocycles. The molecule has 0 radical (unpaired) electrons. The minimum Gasteiger partial charge on any atom is -0.390 e. The van der Waals surface area contributed by atoms with Crippen LogP contribution in [0.5, 0.6) is 0 Å². The van der Waals surface area contributed by atoms with Crippen LogP contribution >= 0.6 is 0 Å². The quantitative estimate of drug-likeness (QED) is 0.796. The number of aliphatic hydroxyl groups is 1. The van der Waals surface area contributed by atoms with Gasteiger partial charge in [-0.3, -0.25) is 4.79 Å². The third-order valence-corrected chi connectivity index (χ3v) is 3.98. The average Bonchev–Trinajstić information content (AvgIpc) is 3.03. The van der Waals surface area contributed by atoms with Crippen LogP contribution in [-0.4, -0.2) is 62.8 Å². The molecule has 0 bridgehead atoms. The number of nitrogens with one attached hydrogen (secondary N) is 1. The van der Waals surface area contributed by atoms with Crippen molar-refractivity contribution >= 4 is 11.6 Å². The van der Waals surface area contributed by atoms with Crippen LogP contribution in [0, 0.1) is 13.8 Å². The van der Waals surface area contributed by atoms with Gasteiger partial charge < -0.3 is 15.3 Å². The van der Waals surface area contributed by atoms with Crippen molar-refractivity contribution in [1.82, 2.24) is 24.8 Å². The summed E-state index contributed by atoms with van der Waals surface area (Å²) in [5.74, 6) is -0.171. The summed E-state index contributed by atoms with van der Waals surface area (Å²) in [6.45, 7) is 4.92. The molecule has 3 heterocycles. The lowest BCUT2D eigenvalue weighted by molar-refractivity contribution is 0.0582. The predicted octanol–water partition coefficient (Wildman–Crippen LogP) is -0.249. The molecule has 2 aromatic rings. The third kappa shape index (κ3) is 2.28. The molecular formula is C14H19N5O2. The van der Waals surface area contributed by atoms with Crippen molar-refractivity contribution in [3.63, 3.8) is 0 Å². The second-order valence-electron chi connectivity index (χ2n) is 5.54. The topological polar surface area (TPSA) is 82.8 Å². The zero-order chi connectivity index (χ0) is 15.1. The highest BCUT2D eigenvalue weighted by Crippen LogP contribution is 2.16. The summed E-state index contributed by atoms with van der Waals surface area (Å²) in [6, 6.07) is 1.70. The summed E-state index contributed by atoms with van der Waals surface area (Å²) >= 11 is 0. The molecule has 1 saturated heterocycles. The van der Waals surface area contributed by atoms with Crippen molar-refractivity contribution in [2.75, 3.05) is 20.1 Å². The minimum atomic E-state index is -0.544. The number of aliphatic hydroxyl groups excluding tert-OH is 1. The van der Waals surface area contributed by atoms with Crippen LogP contribution in [0.25, 0.3) is 5.65 Å². The molecule has 0 saturated carbocycles. The first-order valence-electron chi connectivity index (χ1n) is 6.97. The smallest absolute Gasteiger partial charge is 0.259 e. The molecule has 3 rings (SSSR count). The Labute approximate surface area is 122 Å². The van der Waals surface area contributed by atoms with E-state index in [2.05, 4.69) is 15.4 Å². The van der Waals surface area contributed by atoms with Crippen LogP contribution in [0.15, 0.2) is 12.3 Å². The third-order valence-electron chi connectivity index (χ3n) is 3.98. The van der Waals surface area contributed by atoms with Gasteiger partial charge in [0.05, 0.1) is 18.3 Å². The van der Waals surface area contributed by atoms with Gasteiger partial charge in [-0.05, 0) is 19.9 Å². The Balaban J connectivity index is 1.98. The van der Waals surface area contributed by atoms with Crippen molar-refractivity contribution in [1.29, 1.82) is 0 Å². The standard InChI is InChI=1S/C14H19N5O2/c1-8-4-9(2)19-13(17-8)10(5-16-19)14(21)18(3)11-6-15-7-12(11)20/h4-5,11-12,15,20H,6-7H2,1-3H3/t11-,12-/m1/s1. The molecule has 0 aliphatic carbocycles. The van der Waals surface area contributed by atoms with Crippen molar-refractivity contribution < 1.29 is 9.90 Å². The van der Waals surface area contributed by atoms with Crippen LogP contribution in [0.2, 0.25) is 0 Å². The van der Waals surface area contributed by atoms with Crippen molar-refractivity contribution in [3.05, 3.63) is 29.2 Å². The van der Waals surface area contributed by atoms with Gasteiger partial charge in [-0.2, -0.15) is 5.10 Å². The molecule has 0 aromatic carbocycles. The van der Waals surface area contributed by atoms with E-state index in [0.29, 0.717) is 24.3 Å². The fraction of sp³-hybridized carbons (Fsp3) is 0.500. The number of hydrogen-bond acceptors (Lipinski definition) is 5. The molecule has 1 fully saturated rings. The van der Waals surface area contributed by atoms with E-state index in [0.717, 1.165) is 11.4 Å². The highest BCUT2D eigenvalue weighted by molar-refractivity contribution is 5.99. The Kier molecular flexibility index (Phi) is 3.38. The summed E-state index contributed by atoms with van der Waals surface area (Å²) in [4.78, 5) is 18.7. The average molecular weight is 289 g/mol. The van der Waals surface area contributed by atoms with Crippen LogP contribution in [0.1, 0.15) is 21.7 Å². The number of rotatable bonds is 2. The van der Waals surface area contributed by atoms with Gasteiger partial charge in [0.2, 0.25) is 0 Å². The Morgan fingerprint density at radius 1 is 1.48 bits per heavy atom. The van der Waals surface area contributed by atoms with Gasteiger partial charge in [-0.15, -0.1) is 0 Å². The van der Waals surface area contributed by atoms with E-state index in [1.807, 2.05) is 19.9 Å². The lowest BCUT2D eigenvalue weighted by atomic mass is 10.1. The molecule has 0 unspecified atom stereocenters. The maximum Gasteiger partial charge on any atom is 0.259 e. The monoisotopic (exact) mass is 289 g/mol. The van der Waals surface area contributed by atoms with Gasteiger partial charge in [-0.25, -0.2) is 9.50 Å². The summed E-state index contributed by atoms with van der Waals surface area (Å²) in [5, 5.41) is 17.2. The van der Waals surface area contributed by atoms with E-state index in [1.54, 1.807) is 22.7 Å². The number of carbonyl (C=O) groups excluding carboxylic acids is 1. The normalized spacial score (nSPS) is 21.9. The summed E-state index contributed by atoms with van der Waals surface area (Å²) in [7, 11) is 1.70. The van der Waals surface area contributed by atoms with E-state index >= 15 is 0 Å². The molecule has 2 atom stereocenters. The van der Waals surface area contributed by atoms with E-state index in [9.17, 15) is 9.90 Å². The van der Waals surface area contributed by atoms with E-state index in [1.165, 1.54) is 0 Å². The minimum absolute atomic E-state index is 0.171. The number of β-amino-alcohol motifs (C(OH)–C–C–N with tert-alkyl or cyclic N) is 1. The lowest BCUT2D eigenvalue weighted by Crippen LogP contribution is -2.44. The molecule has 112 valence electrons. The highest BCUT2D eigenvalue weighted by Gasteiger charge is 2.32. The van der Waals surface area contributed by atoms with Gasteiger partial charge in [0.25, 0.3) is 5.91 Å². The van der Waals surface area contributed by atoms with Crippen molar-refractivity contribution in [3.8, 4) is 0 Å². The van der Waals surface area contributed by atoms with Gasteiger partial charge in [0.1, 0.15) is 5.56 Å². The van der Waals surface area contributed by atoms with E-state index in [4.69, 9.17) is 0 Å². The Hall–Kier alpha value is -1.99. The number of aryl methyl sites for hydroxylation is 2. The van der Waals surface area contributed by atoms with Crippen LogP contribution < -0.4 is 5.32 Å². The number of hydrogen-bond donors (Lipinski definition) is 2. The van der Waals surface area contributed by atoms with Crippen molar-refractivity contribution in [2.45, 2.75) is 26.0 Å². The molecular weight excluding hydrogens is 270 g/mol. The van der Waals surface area contributed by atoms with Crippen LogP contribution in [-0.2, 0) is 0 Å². The van der Waals surface area contributed by atoms with Crippen molar-refractivity contribution in [2.24, 2.45) is 0 Å². The summed E-state index contributed by atoms with van der Waals surface area (Å²) in [5.41, 5.74) is 2.80. The van der Waals surface area contributed by atoms with Gasteiger partial charge in [-0.1, -0.05) is 0 Å². The van der Waals surface area contributed by atoms with Gasteiger partial charge >= 0.3 is 0 Å². The number of likely N-dealkylation sites (N-methyl/N-ethyl adjacent to an activating group) is 1. The first kappa shape index (κ1) is 14.0. The SMILES string of the molecule is Cc1cc(C)n2ncc(C(=O)N(C)[C@@H]3CNC[C@H]3O)c2n1. The lowest BCUT2D eigenvalue weighted by Gasteiger charge is -2.25. The number of fused-ring (bicyclic) bond motifs is 1. The maximum atomic E-state index is 12.7. The number of aromatic nitrogens is 3. The van der Waals surface area contributed by atoms with E-state index in [-0.39, 0.29) is 11.9 Å². The molecule has 1 aliphatic heterocycles. The zero-order valence-electron chi connectivity index (χ0n) is 12.4. The molecule has 7 nitrogen and oxygen atoms in total.